The van der Waals surface area contributed by atoms with Gasteiger partial charge in [-0.05, 0) is 32.9 Å². The summed E-state index contributed by atoms with van der Waals surface area (Å²) in [6.45, 7) is 4.04. The summed E-state index contributed by atoms with van der Waals surface area (Å²) in [7, 11) is 1.71. The van der Waals surface area contributed by atoms with E-state index in [9.17, 15) is 9.59 Å². The van der Waals surface area contributed by atoms with Gasteiger partial charge in [-0.15, -0.1) is 0 Å². The first-order valence-electron chi connectivity index (χ1n) is 6.70. The molecule has 0 spiro atoms. The van der Waals surface area contributed by atoms with E-state index in [2.05, 4.69) is 4.90 Å². The fourth-order valence-electron chi connectivity index (χ4n) is 2.32. The predicted molar refractivity (Wildman–Crippen MR) is 74.3 cm³/mol. The van der Waals surface area contributed by atoms with Crippen molar-refractivity contribution < 1.29 is 14.3 Å². The van der Waals surface area contributed by atoms with Gasteiger partial charge in [0.2, 0.25) is 0 Å². The molecule has 0 bridgehead atoms. The summed E-state index contributed by atoms with van der Waals surface area (Å²) in [5, 5.41) is 0.505. The van der Waals surface area contributed by atoms with Crippen LogP contribution in [0.2, 0.25) is 0 Å². The lowest BCUT2D eigenvalue weighted by Gasteiger charge is -2.29. The Morgan fingerprint density at radius 3 is 2.74 bits per heavy atom. The number of nitrogens with zero attached hydrogens (tertiary/aromatic N) is 2. The second-order valence-corrected chi connectivity index (χ2v) is 5.80. The van der Waals surface area contributed by atoms with E-state index in [4.69, 9.17) is 4.74 Å². The second kappa shape index (κ2) is 6.43. The Labute approximate surface area is 117 Å². The molecule has 0 aliphatic carbocycles. The van der Waals surface area contributed by atoms with Crippen LogP contribution in [-0.2, 0) is 14.3 Å². The highest BCUT2D eigenvalue weighted by molar-refractivity contribution is 8.04. The van der Waals surface area contributed by atoms with Crippen molar-refractivity contribution in [2.45, 2.75) is 31.6 Å². The molecule has 1 unspecified atom stereocenters. The van der Waals surface area contributed by atoms with Crippen LogP contribution in [-0.4, -0.2) is 53.8 Å². The van der Waals surface area contributed by atoms with Crippen molar-refractivity contribution in [2.24, 2.45) is 0 Å². The number of amides is 1. The number of ether oxygens (including phenoxy) is 1. The van der Waals surface area contributed by atoms with E-state index in [1.165, 1.54) is 24.3 Å². The van der Waals surface area contributed by atoms with Gasteiger partial charge in [-0.1, -0.05) is 18.2 Å². The Hall–Kier alpha value is -1.01. The molecule has 2 saturated heterocycles. The van der Waals surface area contributed by atoms with Gasteiger partial charge in [-0.25, -0.2) is 4.79 Å². The Balaban J connectivity index is 2.05. The Morgan fingerprint density at radius 1 is 1.42 bits per heavy atom. The van der Waals surface area contributed by atoms with Crippen molar-refractivity contribution in [2.75, 3.05) is 26.7 Å². The normalized spacial score (nSPS) is 27.1. The zero-order valence-electron chi connectivity index (χ0n) is 11.4. The minimum Gasteiger partial charge on any atom is -0.463 e. The van der Waals surface area contributed by atoms with E-state index in [-0.39, 0.29) is 17.3 Å². The molecule has 1 atom stereocenters. The van der Waals surface area contributed by atoms with Crippen LogP contribution in [0.25, 0.3) is 0 Å². The van der Waals surface area contributed by atoms with Crippen LogP contribution in [0.5, 0.6) is 0 Å². The van der Waals surface area contributed by atoms with Gasteiger partial charge < -0.3 is 9.64 Å². The van der Waals surface area contributed by atoms with Gasteiger partial charge in [-0.3, -0.25) is 9.69 Å². The fraction of sp³-hybridized carbons (Fsp3) is 0.692. The second-order valence-electron chi connectivity index (χ2n) is 4.70. The fourth-order valence-corrected chi connectivity index (χ4v) is 3.58. The zero-order valence-corrected chi connectivity index (χ0v) is 12.2. The average molecular weight is 284 g/mol. The van der Waals surface area contributed by atoms with Crippen molar-refractivity contribution in [3.05, 3.63) is 11.1 Å². The monoisotopic (exact) mass is 284 g/mol. The molecule has 6 heteroatoms. The summed E-state index contributed by atoms with van der Waals surface area (Å²) >= 11 is 1.45. The number of likely N-dealkylation sites (tertiary alicyclic amines) is 1. The third-order valence-electron chi connectivity index (χ3n) is 3.36. The standard InChI is InChI=1S/C13H20N2O3S/c1-3-18-11(16)9-10-14(2)12(17)13(19-10)15-7-5-4-6-8-15/h9,13H,3-8H2,1-2H3/b10-9-. The van der Waals surface area contributed by atoms with Gasteiger partial charge in [0.05, 0.1) is 17.7 Å². The van der Waals surface area contributed by atoms with E-state index < -0.39 is 0 Å². The molecule has 106 valence electrons. The highest BCUT2D eigenvalue weighted by Gasteiger charge is 2.39. The largest absolute Gasteiger partial charge is 0.463 e. The number of carbonyl (C=O) groups is 2. The maximum absolute atomic E-state index is 12.2. The minimum absolute atomic E-state index is 0.0578. The highest BCUT2D eigenvalue weighted by atomic mass is 32.2. The lowest BCUT2D eigenvalue weighted by atomic mass is 10.1. The molecule has 2 heterocycles. The Bertz CT molecular complexity index is 391. The number of carbonyl (C=O) groups excluding carboxylic acids is 2. The molecule has 1 amide bonds. The molecule has 0 radical (unpaired) electrons. The van der Waals surface area contributed by atoms with Gasteiger partial charge >= 0.3 is 5.97 Å². The van der Waals surface area contributed by atoms with Gasteiger partial charge in [-0.2, -0.15) is 0 Å². The predicted octanol–water partition coefficient (Wildman–Crippen LogP) is 1.41. The van der Waals surface area contributed by atoms with E-state index >= 15 is 0 Å². The molecular formula is C13H20N2O3S. The maximum atomic E-state index is 12.2. The first-order valence-corrected chi connectivity index (χ1v) is 7.58. The van der Waals surface area contributed by atoms with Gasteiger partial charge in [0, 0.05) is 7.05 Å². The summed E-state index contributed by atoms with van der Waals surface area (Å²) in [4.78, 5) is 27.5. The van der Waals surface area contributed by atoms with Crippen molar-refractivity contribution in [1.82, 2.24) is 9.80 Å². The number of thioether (sulfide) groups is 1. The number of hydrogen-bond donors (Lipinski definition) is 0. The SMILES string of the molecule is CCOC(=O)/C=C1\SC(N2CCCCC2)C(=O)N1C. The molecule has 2 fully saturated rings. The van der Waals surface area contributed by atoms with E-state index in [0.29, 0.717) is 11.6 Å². The van der Waals surface area contributed by atoms with Crippen LogP contribution in [0.4, 0.5) is 0 Å². The number of likely N-dealkylation sites (N-methyl/N-ethyl adjacent to an activating group) is 1. The molecule has 0 aromatic carbocycles. The smallest absolute Gasteiger partial charge is 0.333 e. The van der Waals surface area contributed by atoms with Crippen molar-refractivity contribution in [3.63, 3.8) is 0 Å². The maximum Gasteiger partial charge on any atom is 0.333 e. The van der Waals surface area contributed by atoms with E-state index in [1.54, 1.807) is 18.9 Å². The van der Waals surface area contributed by atoms with Crippen LogP contribution in [0.1, 0.15) is 26.2 Å². The lowest BCUT2D eigenvalue weighted by molar-refractivity contribution is -0.137. The molecule has 0 N–H and O–H groups in total. The summed E-state index contributed by atoms with van der Waals surface area (Å²) in [5.41, 5.74) is 0. The van der Waals surface area contributed by atoms with Gasteiger partial charge in [0.25, 0.3) is 5.91 Å². The van der Waals surface area contributed by atoms with Crippen LogP contribution in [0.3, 0.4) is 0 Å². The summed E-state index contributed by atoms with van der Waals surface area (Å²) < 4.78 is 4.89. The Morgan fingerprint density at radius 2 is 2.11 bits per heavy atom. The molecular weight excluding hydrogens is 264 g/mol. The van der Waals surface area contributed by atoms with Crippen LogP contribution in [0.15, 0.2) is 11.1 Å². The summed E-state index contributed by atoms with van der Waals surface area (Å²) in [6, 6.07) is 0. The molecule has 2 rings (SSSR count). The summed E-state index contributed by atoms with van der Waals surface area (Å²) in [5.74, 6) is -0.327. The van der Waals surface area contributed by atoms with Crippen LogP contribution < -0.4 is 0 Å². The van der Waals surface area contributed by atoms with Crippen LogP contribution in [0, 0.1) is 0 Å². The first kappa shape index (κ1) is 14.4. The number of piperidine rings is 1. The first-order chi connectivity index (χ1) is 9.13. The van der Waals surface area contributed by atoms with Gasteiger partial charge in [0.1, 0.15) is 5.37 Å². The molecule has 2 aliphatic heterocycles. The molecule has 0 aromatic heterocycles. The summed E-state index contributed by atoms with van der Waals surface area (Å²) in [6.07, 6.45) is 4.94. The molecule has 19 heavy (non-hydrogen) atoms. The van der Waals surface area contributed by atoms with Crippen molar-refractivity contribution in [3.8, 4) is 0 Å². The van der Waals surface area contributed by atoms with E-state index in [0.717, 1.165) is 25.9 Å². The number of esters is 1. The molecule has 0 saturated carbocycles. The third-order valence-corrected chi connectivity index (χ3v) is 4.71. The average Bonchev–Trinajstić information content (AvgIpc) is 2.68. The number of rotatable bonds is 3. The highest BCUT2D eigenvalue weighted by Crippen LogP contribution is 2.36. The quantitative estimate of drug-likeness (QED) is 0.579. The molecule has 0 aromatic rings. The van der Waals surface area contributed by atoms with Crippen molar-refractivity contribution in [1.29, 1.82) is 0 Å². The topological polar surface area (TPSA) is 49.9 Å². The lowest BCUT2D eigenvalue weighted by Crippen LogP contribution is -2.42. The van der Waals surface area contributed by atoms with Crippen LogP contribution >= 0.6 is 11.8 Å². The van der Waals surface area contributed by atoms with Crippen molar-refractivity contribution >= 4 is 23.6 Å². The Kier molecular flexibility index (Phi) is 4.87. The number of hydrogen-bond acceptors (Lipinski definition) is 5. The van der Waals surface area contributed by atoms with E-state index in [1.807, 2.05) is 0 Å². The van der Waals surface area contributed by atoms with Gasteiger partial charge in [0.15, 0.2) is 0 Å². The third kappa shape index (κ3) is 3.30. The molecule has 5 nitrogen and oxygen atoms in total. The minimum atomic E-state index is -0.385. The zero-order chi connectivity index (χ0) is 13.8. The molecule has 2 aliphatic rings.